The Morgan fingerprint density at radius 1 is 1.05 bits per heavy atom. The van der Waals surface area contributed by atoms with E-state index < -0.39 is 0 Å². The van der Waals surface area contributed by atoms with Gasteiger partial charge in [0.2, 0.25) is 0 Å². The Bertz CT molecular complexity index is 608. The summed E-state index contributed by atoms with van der Waals surface area (Å²) >= 11 is 3.43. The Kier molecular flexibility index (Phi) is 4.79. The lowest BCUT2D eigenvalue weighted by atomic mass is 10.1. The smallest absolute Gasteiger partial charge is 0.308 e. The summed E-state index contributed by atoms with van der Waals surface area (Å²) in [5.41, 5.74) is 3.89. The summed E-state index contributed by atoms with van der Waals surface area (Å²) in [7, 11) is 0. The number of nitrogens with one attached hydrogen (secondary N) is 2. The van der Waals surface area contributed by atoms with Crippen molar-refractivity contribution in [1.82, 2.24) is 0 Å². The molecule has 4 heteroatoms. The molecular weight excluding hydrogens is 316 g/mol. The molecular formula is C16H17BrN2O. The Morgan fingerprint density at radius 3 is 2.25 bits per heavy atom. The third-order valence-corrected chi connectivity index (χ3v) is 3.93. The van der Waals surface area contributed by atoms with Crippen molar-refractivity contribution in [3.05, 3.63) is 58.1 Å². The molecule has 0 saturated carbocycles. The van der Waals surface area contributed by atoms with Crippen LogP contribution in [0.5, 0.6) is 0 Å². The number of carbonyl (C=O) groups excluding carboxylic acids is 1. The molecule has 0 aromatic heterocycles. The fraction of sp³-hybridized carbons (Fsp3) is 0.188. The highest BCUT2D eigenvalue weighted by atomic mass is 79.9. The number of halogens is 1. The molecule has 104 valence electrons. The zero-order chi connectivity index (χ0) is 14.5. The van der Waals surface area contributed by atoms with Gasteiger partial charge in [0, 0.05) is 15.8 Å². The van der Waals surface area contributed by atoms with E-state index in [2.05, 4.69) is 33.5 Å². The molecule has 0 aliphatic heterocycles. The van der Waals surface area contributed by atoms with Gasteiger partial charge in [0.1, 0.15) is 0 Å². The quantitative estimate of drug-likeness (QED) is 0.819. The van der Waals surface area contributed by atoms with Crippen LogP contribution >= 0.6 is 15.9 Å². The van der Waals surface area contributed by atoms with Crippen molar-refractivity contribution in [3.63, 3.8) is 0 Å². The Labute approximate surface area is 127 Å². The van der Waals surface area contributed by atoms with Crippen molar-refractivity contribution in [1.29, 1.82) is 0 Å². The second-order valence-corrected chi connectivity index (χ2v) is 5.45. The van der Waals surface area contributed by atoms with Crippen molar-refractivity contribution in [2.24, 2.45) is 0 Å². The standard InChI is InChI=1S/C16H17BrN2O/c1-3-12-4-6-13(7-5-12)18-16(20)19-14-8-9-15(17)11(2)10-14/h4-10H,3H2,1-2H3,(H2,18,19,20). The van der Waals surface area contributed by atoms with Crippen LogP contribution in [0.2, 0.25) is 0 Å². The SMILES string of the molecule is CCc1ccc(NC(=O)Nc2ccc(Br)c(C)c2)cc1. The van der Waals surface area contributed by atoms with E-state index in [1.54, 1.807) is 0 Å². The number of urea groups is 1. The monoisotopic (exact) mass is 332 g/mol. The maximum atomic E-state index is 11.9. The fourth-order valence-electron chi connectivity index (χ4n) is 1.84. The molecule has 0 aliphatic rings. The molecule has 0 aliphatic carbocycles. The first-order valence-electron chi connectivity index (χ1n) is 6.51. The summed E-state index contributed by atoms with van der Waals surface area (Å²) in [6.45, 7) is 4.08. The number of hydrogen-bond donors (Lipinski definition) is 2. The van der Waals surface area contributed by atoms with Crippen LogP contribution in [-0.2, 0) is 6.42 Å². The summed E-state index contributed by atoms with van der Waals surface area (Å²) in [5, 5.41) is 5.63. The number of rotatable bonds is 3. The van der Waals surface area contributed by atoms with Crippen LogP contribution in [0.25, 0.3) is 0 Å². The average Bonchev–Trinajstić information content (AvgIpc) is 2.44. The average molecular weight is 333 g/mol. The third-order valence-electron chi connectivity index (χ3n) is 3.04. The van der Waals surface area contributed by atoms with Crippen LogP contribution in [-0.4, -0.2) is 6.03 Å². The lowest BCUT2D eigenvalue weighted by Crippen LogP contribution is -2.19. The summed E-state index contributed by atoms with van der Waals surface area (Å²) in [6, 6.07) is 13.3. The van der Waals surface area contributed by atoms with Gasteiger partial charge >= 0.3 is 6.03 Å². The molecule has 2 N–H and O–H groups in total. The lowest BCUT2D eigenvalue weighted by molar-refractivity contribution is 0.262. The summed E-state index contributed by atoms with van der Waals surface area (Å²) in [6.07, 6.45) is 0.991. The van der Waals surface area contributed by atoms with E-state index in [0.29, 0.717) is 0 Å². The van der Waals surface area contributed by atoms with Crippen LogP contribution in [0.1, 0.15) is 18.1 Å². The van der Waals surface area contributed by atoms with E-state index >= 15 is 0 Å². The van der Waals surface area contributed by atoms with Gasteiger partial charge in [0.05, 0.1) is 0 Å². The second kappa shape index (κ2) is 6.57. The predicted octanol–water partition coefficient (Wildman–Crippen LogP) is 4.96. The summed E-state index contributed by atoms with van der Waals surface area (Å²) < 4.78 is 1.03. The molecule has 0 radical (unpaired) electrons. The number of hydrogen-bond acceptors (Lipinski definition) is 1. The van der Waals surface area contributed by atoms with Crippen molar-refractivity contribution >= 4 is 33.3 Å². The van der Waals surface area contributed by atoms with Gasteiger partial charge in [-0.3, -0.25) is 0 Å². The topological polar surface area (TPSA) is 41.1 Å². The van der Waals surface area contributed by atoms with Crippen molar-refractivity contribution in [3.8, 4) is 0 Å². The highest BCUT2D eigenvalue weighted by Gasteiger charge is 2.04. The largest absolute Gasteiger partial charge is 0.323 e. The molecule has 2 aromatic rings. The minimum atomic E-state index is -0.240. The number of anilines is 2. The van der Waals surface area contributed by atoms with Crippen molar-refractivity contribution in [2.75, 3.05) is 10.6 Å². The zero-order valence-corrected chi connectivity index (χ0v) is 13.1. The Hall–Kier alpha value is -1.81. The molecule has 20 heavy (non-hydrogen) atoms. The van der Waals surface area contributed by atoms with Crippen LogP contribution in [0, 0.1) is 6.92 Å². The van der Waals surface area contributed by atoms with Gasteiger partial charge in [-0.05, 0) is 54.8 Å². The lowest BCUT2D eigenvalue weighted by Gasteiger charge is -2.09. The molecule has 0 spiro atoms. The predicted molar refractivity (Wildman–Crippen MR) is 87.3 cm³/mol. The third kappa shape index (κ3) is 3.84. The van der Waals surface area contributed by atoms with E-state index in [0.717, 1.165) is 27.8 Å². The minimum Gasteiger partial charge on any atom is -0.308 e. The van der Waals surface area contributed by atoms with Crippen LogP contribution in [0.4, 0.5) is 16.2 Å². The number of aryl methyl sites for hydroxylation is 2. The fourth-order valence-corrected chi connectivity index (χ4v) is 2.09. The molecule has 0 saturated heterocycles. The molecule has 2 aromatic carbocycles. The van der Waals surface area contributed by atoms with Gasteiger partial charge < -0.3 is 10.6 Å². The van der Waals surface area contributed by atoms with Crippen molar-refractivity contribution < 1.29 is 4.79 Å². The molecule has 2 rings (SSSR count). The van der Waals surface area contributed by atoms with Crippen LogP contribution < -0.4 is 10.6 Å². The molecule has 0 fully saturated rings. The molecule has 0 unspecified atom stereocenters. The highest BCUT2D eigenvalue weighted by molar-refractivity contribution is 9.10. The van der Waals surface area contributed by atoms with E-state index in [1.165, 1.54) is 5.56 Å². The van der Waals surface area contributed by atoms with E-state index in [1.807, 2.05) is 49.4 Å². The zero-order valence-electron chi connectivity index (χ0n) is 11.5. The first-order chi connectivity index (χ1) is 9.58. The van der Waals surface area contributed by atoms with Gasteiger partial charge in [-0.15, -0.1) is 0 Å². The first kappa shape index (κ1) is 14.6. The molecule has 0 heterocycles. The van der Waals surface area contributed by atoms with E-state index in [9.17, 15) is 4.79 Å². The maximum Gasteiger partial charge on any atom is 0.323 e. The van der Waals surface area contributed by atoms with Crippen LogP contribution in [0.15, 0.2) is 46.9 Å². The highest BCUT2D eigenvalue weighted by Crippen LogP contribution is 2.20. The van der Waals surface area contributed by atoms with E-state index in [4.69, 9.17) is 0 Å². The molecule has 0 bridgehead atoms. The molecule has 2 amide bonds. The Morgan fingerprint density at radius 2 is 1.65 bits per heavy atom. The summed E-state index contributed by atoms with van der Waals surface area (Å²) in [4.78, 5) is 11.9. The molecule has 3 nitrogen and oxygen atoms in total. The maximum absolute atomic E-state index is 11.9. The van der Waals surface area contributed by atoms with Gasteiger partial charge in [-0.25, -0.2) is 4.79 Å². The van der Waals surface area contributed by atoms with Crippen LogP contribution in [0.3, 0.4) is 0 Å². The number of amides is 2. The van der Waals surface area contributed by atoms with Gasteiger partial charge in [-0.1, -0.05) is 35.0 Å². The van der Waals surface area contributed by atoms with Gasteiger partial charge in [0.25, 0.3) is 0 Å². The second-order valence-electron chi connectivity index (χ2n) is 4.59. The normalized spacial score (nSPS) is 10.2. The van der Waals surface area contributed by atoms with Crippen molar-refractivity contribution in [2.45, 2.75) is 20.3 Å². The Balaban J connectivity index is 1.99. The van der Waals surface area contributed by atoms with Gasteiger partial charge in [0.15, 0.2) is 0 Å². The first-order valence-corrected chi connectivity index (χ1v) is 7.31. The number of benzene rings is 2. The number of carbonyl (C=O) groups is 1. The van der Waals surface area contributed by atoms with Gasteiger partial charge in [-0.2, -0.15) is 0 Å². The molecule has 0 atom stereocenters. The minimum absolute atomic E-state index is 0.240. The van der Waals surface area contributed by atoms with E-state index in [-0.39, 0.29) is 6.03 Å². The summed E-state index contributed by atoms with van der Waals surface area (Å²) in [5.74, 6) is 0.